The average molecular weight is 462 g/mol. The SMILES string of the molecule is COc1cc2occ(-c3cccc4ccccc34)c2cc1/C(C)=C/C(=O)NCCc1ccccc1. The van der Waals surface area contributed by atoms with Crippen molar-refractivity contribution >= 4 is 33.2 Å². The molecule has 1 N–H and O–H groups in total. The minimum Gasteiger partial charge on any atom is -0.496 e. The summed E-state index contributed by atoms with van der Waals surface area (Å²) >= 11 is 0. The van der Waals surface area contributed by atoms with Crippen molar-refractivity contribution in [3.8, 4) is 16.9 Å². The van der Waals surface area contributed by atoms with Crippen LogP contribution >= 0.6 is 0 Å². The van der Waals surface area contributed by atoms with Crippen molar-refractivity contribution in [2.75, 3.05) is 13.7 Å². The van der Waals surface area contributed by atoms with Crippen molar-refractivity contribution in [1.29, 1.82) is 0 Å². The standard InChI is InChI=1S/C31H27NO3/c1-21(17-31(33)32-16-15-22-9-4-3-5-10-22)26-18-27-28(20-35-30(27)19-29(26)34-2)25-14-8-12-23-11-6-7-13-24(23)25/h3-14,17-20H,15-16H2,1-2H3,(H,32,33)/b21-17+. The van der Waals surface area contributed by atoms with Crippen molar-refractivity contribution < 1.29 is 13.9 Å². The molecule has 0 saturated carbocycles. The van der Waals surface area contributed by atoms with Gasteiger partial charge in [-0.3, -0.25) is 4.79 Å². The van der Waals surface area contributed by atoms with Crippen molar-refractivity contribution in [1.82, 2.24) is 5.32 Å². The van der Waals surface area contributed by atoms with Crippen LogP contribution < -0.4 is 10.1 Å². The van der Waals surface area contributed by atoms with E-state index in [-0.39, 0.29) is 5.91 Å². The Bertz CT molecular complexity index is 1520. The van der Waals surface area contributed by atoms with Crippen LogP contribution in [0.3, 0.4) is 0 Å². The number of allylic oxidation sites excluding steroid dienone is 1. The monoisotopic (exact) mass is 461 g/mol. The maximum absolute atomic E-state index is 12.6. The van der Waals surface area contributed by atoms with Gasteiger partial charge in [0.2, 0.25) is 5.91 Å². The third kappa shape index (κ3) is 4.69. The van der Waals surface area contributed by atoms with Crippen molar-refractivity contribution in [3.05, 3.63) is 108 Å². The van der Waals surface area contributed by atoms with Gasteiger partial charge in [0.25, 0.3) is 0 Å². The fourth-order valence-electron chi connectivity index (χ4n) is 4.50. The van der Waals surface area contributed by atoms with Crippen LogP contribution in [0.4, 0.5) is 0 Å². The van der Waals surface area contributed by atoms with Crippen molar-refractivity contribution in [2.45, 2.75) is 13.3 Å². The molecule has 0 spiro atoms. The van der Waals surface area contributed by atoms with Crippen LogP contribution in [0, 0.1) is 0 Å². The second-order valence-corrected chi connectivity index (χ2v) is 8.58. The molecule has 1 heterocycles. The summed E-state index contributed by atoms with van der Waals surface area (Å²) in [4.78, 5) is 12.6. The molecule has 0 saturated heterocycles. The molecule has 1 amide bonds. The van der Waals surface area contributed by atoms with Crippen LogP contribution in [-0.2, 0) is 11.2 Å². The molecule has 0 radical (unpaired) electrons. The fraction of sp³-hybridized carbons (Fsp3) is 0.129. The third-order valence-electron chi connectivity index (χ3n) is 6.30. The Labute approximate surface area is 204 Å². The predicted molar refractivity (Wildman–Crippen MR) is 143 cm³/mol. The minimum absolute atomic E-state index is 0.123. The van der Waals surface area contributed by atoms with Crippen LogP contribution in [0.5, 0.6) is 5.75 Å². The molecule has 0 bridgehead atoms. The summed E-state index contributed by atoms with van der Waals surface area (Å²) in [6.45, 7) is 2.51. The highest BCUT2D eigenvalue weighted by Crippen LogP contribution is 2.39. The molecule has 174 valence electrons. The van der Waals surface area contributed by atoms with Crippen LogP contribution in [0.15, 0.2) is 102 Å². The van der Waals surface area contributed by atoms with Gasteiger partial charge < -0.3 is 14.5 Å². The van der Waals surface area contributed by atoms with E-state index in [1.165, 1.54) is 16.3 Å². The Balaban J connectivity index is 1.46. The Kier molecular flexibility index (Phi) is 6.36. The van der Waals surface area contributed by atoms with E-state index in [1.807, 2.05) is 43.3 Å². The molecule has 4 aromatic carbocycles. The molecule has 0 aliphatic carbocycles. The molecule has 0 unspecified atom stereocenters. The molecule has 4 heteroatoms. The summed E-state index contributed by atoms with van der Waals surface area (Å²) in [5, 5.41) is 6.31. The summed E-state index contributed by atoms with van der Waals surface area (Å²) in [5.74, 6) is 0.546. The predicted octanol–water partition coefficient (Wildman–Crippen LogP) is 7.02. The number of rotatable bonds is 7. The van der Waals surface area contributed by atoms with E-state index in [0.717, 1.165) is 39.7 Å². The Hall–Kier alpha value is -4.31. The first-order valence-electron chi connectivity index (χ1n) is 11.7. The maximum Gasteiger partial charge on any atom is 0.244 e. The normalized spacial score (nSPS) is 11.7. The highest BCUT2D eigenvalue weighted by Gasteiger charge is 2.16. The van der Waals surface area contributed by atoms with E-state index >= 15 is 0 Å². The van der Waals surface area contributed by atoms with E-state index in [1.54, 1.807) is 19.4 Å². The lowest BCUT2D eigenvalue weighted by atomic mass is 9.96. The highest BCUT2D eigenvalue weighted by atomic mass is 16.5. The van der Waals surface area contributed by atoms with Gasteiger partial charge in [-0.1, -0.05) is 72.8 Å². The van der Waals surface area contributed by atoms with Gasteiger partial charge in [0, 0.05) is 35.2 Å². The zero-order valence-corrected chi connectivity index (χ0v) is 19.9. The number of carbonyl (C=O) groups is 1. The summed E-state index contributed by atoms with van der Waals surface area (Å²) < 4.78 is 11.6. The van der Waals surface area contributed by atoms with Crippen LogP contribution in [0.2, 0.25) is 0 Å². The van der Waals surface area contributed by atoms with E-state index in [9.17, 15) is 4.79 Å². The van der Waals surface area contributed by atoms with Gasteiger partial charge in [-0.05, 0) is 46.9 Å². The van der Waals surface area contributed by atoms with Crippen molar-refractivity contribution in [3.63, 3.8) is 0 Å². The van der Waals surface area contributed by atoms with Crippen LogP contribution in [-0.4, -0.2) is 19.6 Å². The Morgan fingerprint density at radius 1 is 0.914 bits per heavy atom. The number of fused-ring (bicyclic) bond motifs is 2. The largest absolute Gasteiger partial charge is 0.496 e. The third-order valence-corrected chi connectivity index (χ3v) is 6.30. The average Bonchev–Trinajstić information content (AvgIpc) is 3.30. The summed E-state index contributed by atoms with van der Waals surface area (Å²) in [6.07, 6.45) is 4.22. The number of carbonyl (C=O) groups excluding carboxylic acids is 1. The molecule has 5 aromatic rings. The quantitative estimate of drug-likeness (QED) is 0.265. The van der Waals surface area contributed by atoms with Crippen molar-refractivity contribution in [2.24, 2.45) is 0 Å². The summed E-state index contributed by atoms with van der Waals surface area (Å²) in [6, 6.07) is 28.7. The van der Waals surface area contributed by atoms with E-state index in [0.29, 0.717) is 12.3 Å². The lowest BCUT2D eigenvalue weighted by Crippen LogP contribution is -2.23. The zero-order valence-electron chi connectivity index (χ0n) is 19.9. The maximum atomic E-state index is 12.6. The molecule has 1 aromatic heterocycles. The number of hydrogen-bond acceptors (Lipinski definition) is 3. The molecule has 0 aliphatic heterocycles. The Morgan fingerprint density at radius 3 is 2.51 bits per heavy atom. The van der Waals surface area contributed by atoms with E-state index < -0.39 is 0 Å². The first-order valence-corrected chi connectivity index (χ1v) is 11.7. The first kappa shape index (κ1) is 22.5. The van der Waals surface area contributed by atoms with Gasteiger partial charge in [-0.2, -0.15) is 0 Å². The molecule has 0 fully saturated rings. The number of hydrogen-bond donors (Lipinski definition) is 1. The molecule has 0 atom stereocenters. The van der Waals surface area contributed by atoms with Crippen LogP contribution in [0.25, 0.3) is 38.4 Å². The van der Waals surface area contributed by atoms with E-state index in [4.69, 9.17) is 9.15 Å². The molecule has 0 aliphatic rings. The number of furan rings is 1. The van der Waals surface area contributed by atoms with E-state index in [2.05, 4.69) is 53.8 Å². The fourth-order valence-corrected chi connectivity index (χ4v) is 4.50. The van der Waals surface area contributed by atoms with Gasteiger partial charge in [0.05, 0.1) is 13.4 Å². The smallest absolute Gasteiger partial charge is 0.244 e. The number of ether oxygens (including phenoxy) is 1. The van der Waals surface area contributed by atoms with Gasteiger partial charge >= 0.3 is 0 Å². The Morgan fingerprint density at radius 2 is 1.69 bits per heavy atom. The van der Waals surface area contributed by atoms with Crippen LogP contribution in [0.1, 0.15) is 18.1 Å². The highest BCUT2D eigenvalue weighted by molar-refractivity contribution is 6.06. The molecule has 35 heavy (non-hydrogen) atoms. The molecule has 4 nitrogen and oxygen atoms in total. The summed E-state index contributed by atoms with van der Waals surface area (Å²) in [5.41, 5.74) is 5.75. The second-order valence-electron chi connectivity index (χ2n) is 8.58. The zero-order chi connectivity index (χ0) is 24.2. The number of benzene rings is 4. The van der Waals surface area contributed by atoms with Gasteiger partial charge in [0.1, 0.15) is 11.3 Å². The lowest BCUT2D eigenvalue weighted by molar-refractivity contribution is -0.116. The van der Waals surface area contributed by atoms with Gasteiger partial charge in [0.15, 0.2) is 0 Å². The second kappa shape index (κ2) is 9.90. The topological polar surface area (TPSA) is 51.5 Å². The molecule has 5 rings (SSSR count). The minimum atomic E-state index is -0.123. The first-order chi connectivity index (χ1) is 17.1. The van der Waals surface area contributed by atoms with Gasteiger partial charge in [-0.15, -0.1) is 0 Å². The number of methoxy groups -OCH3 is 1. The summed E-state index contributed by atoms with van der Waals surface area (Å²) in [7, 11) is 1.63. The van der Waals surface area contributed by atoms with Gasteiger partial charge in [-0.25, -0.2) is 0 Å². The number of amides is 1. The molecular weight excluding hydrogens is 434 g/mol. The number of nitrogens with one attached hydrogen (secondary N) is 1. The lowest BCUT2D eigenvalue weighted by Gasteiger charge is -2.11. The molecular formula is C31H27NO3.